The van der Waals surface area contributed by atoms with Crippen LogP contribution in [0.3, 0.4) is 0 Å². The van der Waals surface area contributed by atoms with Gasteiger partial charge in [0.05, 0.1) is 0 Å². The summed E-state index contributed by atoms with van der Waals surface area (Å²) in [5.74, 6) is 0.161. The minimum Gasteiger partial charge on any atom is -0.0991 e. The van der Waals surface area contributed by atoms with Crippen molar-refractivity contribution >= 4 is 0 Å². The van der Waals surface area contributed by atoms with E-state index in [0.717, 1.165) is 0 Å². The van der Waals surface area contributed by atoms with Gasteiger partial charge in [0, 0.05) is 5.92 Å². The van der Waals surface area contributed by atoms with Crippen LogP contribution in [0.25, 0.3) is 0 Å². The van der Waals surface area contributed by atoms with Crippen molar-refractivity contribution in [3.05, 3.63) is 109 Å². The third-order valence-electron chi connectivity index (χ3n) is 3.19. The van der Waals surface area contributed by atoms with Crippen molar-refractivity contribution in [1.29, 1.82) is 0 Å². The molecule has 0 aliphatic heterocycles. The zero-order valence-corrected chi connectivity index (χ0v) is 25.0. The van der Waals surface area contributed by atoms with Crippen LogP contribution in [0.5, 0.6) is 0 Å². The molecule has 0 radical (unpaired) electrons. The topological polar surface area (TPSA) is 0 Å². The Morgan fingerprint density at radius 2 is 1.09 bits per heavy atom. The standard InChI is InChI=1S/C21H24.6C2H6.CH4/c1-5-9-15-18(8-4)21(19(13-6-2)14-7-3)20-16-11-10-12-17-20;6*1-2;/h5-17,21H,2,4H2,1,3H3;6*1-2H3;1H4/b9-5-,14-7-,18-15+,19-13+;;;;;;;. The third-order valence-corrected chi connectivity index (χ3v) is 3.19. The fraction of sp³-hybridized carbons (Fsp3) is 0.471. The summed E-state index contributed by atoms with van der Waals surface area (Å²) in [6.07, 6.45) is 16.2. The van der Waals surface area contributed by atoms with Crippen molar-refractivity contribution in [1.82, 2.24) is 0 Å². The van der Waals surface area contributed by atoms with Gasteiger partial charge in [-0.05, 0) is 30.6 Å². The fourth-order valence-electron chi connectivity index (χ4n) is 2.29. The summed E-state index contributed by atoms with van der Waals surface area (Å²) in [6.45, 7) is 35.9. The average Bonchev–Trinajstić information content (AvgIpc) is 2.94. The maximum absolute atomic E-state index is 3.98. The van der Waals surface area contributed by atoms with E-state index in [1.165, 1.54) is 16.7 Å². The van der Waals surface area contributed by atoms with Crippen molar-refractivity contribution in [3.8, 4) is 0 Å². The highest BCUT2D eigenvalue weighted by Crippen LogP contribution is 2.33. The van der Waals surface area contributed by atoms with Crippen LogP contribution < -0.4 is 0 Å². The Morgan fingerprint density at radius 1 is 0.647 bits per heavy atom. The van der Waals surface area contributed by atoms with Gasteiger partial charge in [-0.2, -0.15) is 0 Å². The van der Waals surface area contributed by atoms with Crippen LogP contribution >= 0.6 is 0 Å². The molecule has 0 spiro atoms. The Labute approximate surface area is 219 Å². The minimum atomic E-state index is 0. The second-order valence-electron chi connectivity index (χ2n) is 4.64. The molecule has 0 fully saturated rings. The summed E-state index contributed by atoms with van der Waals surface area (Å²) in [5, 5.41) is 0. The molecule has 0 aliphatic rings. The molecule has 0 heteroatoms. The van der Waals surface area contributed by atoms with Gasteiger partial charge in [0.15, 0.2) is 0 Å². The van der Waals surface area contributed by atoms with Gasteiger partial charge >= 0.3 is 0 Å². The van der Waals surface area contributed by atoms with Crippen LogP contribution in [0.15, 0.2) is 103 Å². The first kappa shape index (κ1) is 48.9. The number of benzene rings is 1. The van der Waals surface area contributed by atoms with Gasteiger partial charge in [0.1, 0.15) is 0 Å². The molecule has 0 nitrogen and oxygen atoms in total. The maximum atomic E-state index is 3.98. The normalized spacial score (nSPS) is 10.1. The number of rotatable bonds is 7. The Hall–Kier alpha value is -2.34. The molecule has 34 heavy (non-hydrogen) atoms. The van der Waals surface area contributed by atoms with E-state index in [2.05, 4.69) is 61.7 Å². The molecule has 200 valence electrons. The summed E-state index contributed by atoms with van der Waals surface area (Å²) >= 11 is 0. The average molecular weight is 473 g/mol. The number of hydrogen-bond acceptors (Lipinski definition) is 0. The quantitative estimate of drug-likeness (QED) is 0.346. The first-order chi connectivity index (χ1) is 16.3. The monoisotopic (exact) mass is 473 g/mol. The molecule has 0 bridgehead atoms. The SMILES string of the molecule is C.C=C/C=C(\C=C/C)C(/C(C=C)=C/C=C\C)c1ccccc1.CC.CC.CC.CC.CC.CC. The van der Waals surface area contributed by atoms with E-state index in [0.29, 0.717) is 0 Å². The maximum Gasteiger partial charge on any atom is 0.0339 e. The van der Waals surface area contributed by atoms with E-state index < -0.39 is 0 Å². The highest BCUT2D eigenvalue weighted by Gasteiger charge is 2.17. The zero-order valence-electron chi connectivity index (χ0n) is 25.0. The molecule has 0 N–H and O–H groups in total. The fourth-order valence-corrected chi connectivity index (χ4v) is 2.29. The molecule has 1 rings (SSSR count). The largest absolute Gasteiger partial charge is 0.0991 e. The molecule has 0 amide bonds. The van der Waals surface area contributed by atoms with Crippen LogP contribution in [-0.4, -0.2) is 0 Å². The molecule has 1 atom stereocenters. The van der Waals surface area contributed by atoms with Gasteiger partial charge in [-0.1, -0.05) is 183 Å². The van der Waals surface area contributed by atoms with E-state index >= 15 is 0 Å². The lowest BCUT2D eigenvalue weighted by atomic mass is 9.83. The zero-order chi connectivity index (χ0) is 27.5. The smallest absolute Gasteiger partial charge is 0.0339 e. The van der Waals surface area contributed by atoms with Gasteiger partial charge in [-0.3, -0.25) is 0 Å². The minimum absolute atomic E-state index is 0. The molecule has 0 saturated heterocycles. The Balaban J connectivity index is -0.0000000974. The van der Waals surface area contributed by atoms with E-state index in [-0.39, 0.29) is 13.3 Å². The number of hydrogen-bond donors (Lipinski definition) is 0. The Morgan fingerprint density at radius 3 is 1.41 bits per heavy atom. The van der Waals surface area contributed by atoms with E-state index in [4.69, 9.17) is 0 Å². The van der Waals surface area contributed by atoms with Gasteiger partial charge in [-0.15, -0.1) is 0 Å². The predicted molar refractivity (Wildman–Crippen MR) is 170 cm³/mol. The van der Waals surface area contributed by atoms with Crippen molar-refractivity contribution in [3.63, 3.8) is 0 Å². The highest BCUT2D eigenvalue weighted by molar-refractivity contribution is 5.48. The van der Waals surface area contributed by atoms with Crippen molar-refractivity contribution < 1.29 is 0 Å². The summed E-state index contributed by atoms with van der Waals surface area (Å²) in [5.41, 5.74) is 3.62. The third kappa shape index (κ3) is 27.7. The summed E-state index contributed by atoms with van der Waals surface area (Å²) < 4.78 is 0. The lowest BCUT2D eigenvalue weighted by Crippen LogP contribution is -2.04. The highest BCUT2D eigenvalue weighted by atomic mass is 14.2. The Kier molecular flexibility index (Phi) is 75.6. The molecule has 0 aromatic heterocycles. The molecule has 0 saturated carbocycles. The molecule has 1 aromatic carbocycles. The summed E-state index contributed by atoms with van der Waals surface area (Å²) in [7, 11) is 0. The first-order valence-electron chi connectivity index (χ1n) is 13.2. The van der Waals surface area contributed by atoms with E-state index in [1.54, 1.807) is 0 Å². The lowest BCUT2D eigenvalue weighted by Gasteiger charge is -2.20. The molecule has 1 aromatic rings. The molecule has 1 unspecified atom stereocenters. The number of allylic oxidation sites excluding steroid dienone is 10. The molecular formula is C34H64. The second-order valence-corrected chi connectivity index (χ2v) is 4.64. The van der Waals surface area contributed by atoms with Crippen molar-refractivity contribution in [2.24, 2.45) is 0 Å². The van der Waals surface area contributed by atoms with E-state index in [9.17, 15) is 0 Å². The van der Waals surface area contributed by atoms with Gasteiger partial charge in [-0.25, -0.2) is 0 Å². The molecule has 0 heterocycles. The predicted octanol–water partition coefficient (Wildman–Crippen LogP) is 12.9. The second kappa shape index (κ2) is 52.5. The van der Waals surface area contributed by atoms with Crippen LogP contribution in [-0.2, 0) is 0 Å². The summed E-state index contributed by atoms with van der Waals surface area (Å²) in [4.78, 5) is 0. The van der Waals surface area contributed by atoms with Crippen LogP contribution in [0.1, 0.15) is 116 Å². The molecular weight excluding hydrogens is 408 g/mol. The molecule has 0 aliphatic carbocycles. The van der Waals surface area contributed by atoms with Gasteiger partial charge < -0.3 is 0 Å². The van der Waals surface area contributed by atoms with Crippen molar-refractivity contribution in [2.45, 2.75) is 110 Å². The van der Waals surface area contributed by atoms with Gasteiger partial charge in [0.25, 0.3) is 0 Å². The van der Waals surface area contributed by atoms with Crippen LogP contribution in [0, 0.1) is 0 Å². The Bertz CT molecular complexity index is 565. The van der Waals surface area contributed by atoms with Gasteiger partial charge in [0.2, 0.25) is 0 Å². The summed E-state index contributed by atoms with van der Waals surface area (Å²) in [6, 6.07) is 10.5. The van der Waals surface area contributed by atoms with Crippen molar-refractivity contribution in [2.75, 3.05) is 0 Å². The van der Waals surface area contributed by atoms with Crippen LogP contribution in [0.2, 0.25) is 0 Å². The first-order valence-corrected chi connectivity index (χ1v) is 13.2. The lowest BCUT2D eigenvalue weighted by molar-refractivity contribution is 0.977. The van der Waals surface area contributed by atoms with E-state index in [1.807, 2.05) is 127 Å². The van der Waals surface area contributed by atoms with Crippen LogP contribution in [0.4, 0.5) is 0 Å².